The molecular formula is C12H9ClN2O. The average molecular weight is 233 g/mol. The van der Waals surface area contributed by atoms with Crippen molar-refractivity contribution in [2.24, 2.45) is 7.05 Å². The number of nitrogens with zero attached hydrogens (tertiary/aromatic N) is 2. The van der Waals surface area contributed by atoms with Crippen LogP contribution in [0.1, 0.15) is 11.1 Å². The molecule has 0 amide bonds. The molecule has 0 saturated carbocycles. The van der Waals surface area contributed by atoms with E-state index in [-0.39, 0.29) is 11.1 Å². The van der Waals surface area contributed by atoms with Crippen molar-refractivity contribution in [2.75, 3.05) is 0 Å². The van der Waals surface area contributed by atoms with Crippen LogP contribution >= 0.6 is 11.6 Å². The van der Waals surface area contributed by atoms with E-state index in [0.717, 1.165) is 16.5 Å². The number of aromatic nitrogens is 1. The van der Waals surface area contributed by atoms with Crippen molar-refractivity contribution in [3.63, 3.8) is 0 Å². The first-order valence-electron chi connectivity index (χ1n) is 4.74. The van der Waals surface area contributed by atoms with Gasteiger partial charge in [-0.3, -0.25) is 4.79 Å². The number of fused-ring (bicyclic) bond motifs is 1. The third-order valence-corrected chi connectivity index (χ3v) is 3.03. The van der Waals surface area contributed by atoms with Crippen LogP contribution in [0.3, 0.4) is 0 Å². The van der Waals surface area contributed by atoms with Crippen LogP contribution in [0.2, 0.25) is 5.02 Å². The van der Waals surface area contributed by atoms with Gasteiger partial charge in [-0.05, 0) is 30.7 Å². The summed E-state index contributed by atoms with van der Waals surface area (Å²) >= 11 is 6.01. The van der Waals surface area contributed by atoms with Crippen molar-refractivity contribution in [2.45, 2.75) is 6.92 Å². The smallest absolute Gasteiger partial charge is 0.268 e. The van der Waals surface area contributed by atoms with Crippen LogP contribution in [-0.4, -0.2) is 4.57 Å². The number of benzene rings is 1. The molecule has 1 heterocycles. The molecule has 2 aromatic rings. The number of hydrogen-bond donors (Lipinski definition) is 0. The summed E-state index contributed by atoms with van der Waals surface area (Å²) < 4.78 is 1.44. The molecule has 80 valence electrons. The van der Waals surface area contributed by atoms with Gasteiger partial charge in [-0.1, -0.05) is 11.6 Å². The second-order valence-corrected chi connectivity index (χ2v) is 4.10. The summed E-state index contributed by atoms with van der Waals surface area (Å²) in [5, 5.41) is 10.3. The van der Waals surface area contributed by atoms with E-state index in [2.05, 4.69) is 0 Å². The van der Waals surface area contributed by atoms with Crippen LogP contribution in [0.5, 0.6) is 0 Å². The van der Waals surface area contributed by atoms with E-state index in [4.69, 9.17) is 16.9 Å². The second-order valence-electron chi connectivity index (χ2n) is 3.69. The van der Waals surface area contributed by atoms with Crippen molar-refractivity contribution in [3.8, 4) is 6.07 Å². The van der Waals surface area contributed by atoms with Crippen LogP contribution in [0, 0.1) is 18.3 Å². The summed E-state index contributed by atoms with van der Waals surface area (Å²) in [7, 11) is 1.64. The summed E-state index contributed by atoms with van der Waals surface area (Å²) in [6.07, 6.45) is 0. The highest BCUT2D eigenvalue weighted by molar-refractivity contribution is 6.32. The van der Waals surface area contributed by atoms with E-state index >= 15 is 0 Å². The summed E-state index contributed by atoms with van der Waals surface area (Å²) in [6, 6.07) is 7.11. The van der Waals surface area contributed by atoms with Gasteiger partial charge in [0.1, 0.15) is 11.6 Å². The second kappa shape index (κ2) is 3.66. The molecule has 1 aromatic heterocycles. The van der Waals surface area contributed by atoms with Crippen molar-refractivity contribution < 1.29 is 0 Å². The topological polar surface area (TPSA) is 45.8 Å². The molecule has 16 heavy (non-hydrogen) atoms. The maximum Gasteiger partial charge on any atom is 0.268 e. The van der Waals surface area contributed by atoms with E-state index in [1.807, 2.05) is 19.1 Å². The zero-order valence-electron chi connectivity index (χ0n) is 8.91. The number of hydrogen-bond acceptors (Lipinski definition) is 2. The highest BCUT2D eigenvalue weighted by Crippen LogP contribution is 2.22. The number of nitriles is 1. The van der Waals surface area contributed by atoms with Gasteiger partial charge in [-0.2, -0.15) is 5.26 Å². The van der Waals surface area contributed by atoms with Crippen molar-refractivity contribution >= 4 is 22.5 Å². The minimum atomic E-state index is -0.296. The normalized spacial score (nSPS) is 10.4. The molecule has 0 fully saturated rings. The fraction of sp³-hybridized carbons (Fsp3) is 0.167. The van der Waals surface area contributed by atoms with Gasteiger partial charge in [0.25, 0.3) is 5.56 Å². The molecule has 0 radical (unpaired) electrons. The Balaban J connectivity index is 3.00. The molecule has 3 nitrogen and oxygen atoms in total. The highest BCUT2D eigenvalue weighted by Gasteiger charge is 2.07. The summed E-state index contributed by atoms with van der Waals surface area (Å²) in [5.74, 6) is 0. The van der Waals surface area contributed by atoms with Crippen LogP contribution < -0.4 is 5.56 Å². The summed E-state index contributed by atoms with van der Waals surface area (Å²) in [5.41, 5.74) is 1.52. The predicted molar refractivity (Wildman–Crippen MR) is 63.7 cm³/mol. The Morgan fingerprint density at radius 2 is 2.06 bits per heavy atom. The monoisotopic (exact) mass is 232 g/mol. The summed E-state index contributed by atoms with van der Waals surface area (Å²) in [4.78, 5) is 11.7. The number of pyridine rings is 1. The van der Waals surface area contributed by atoms with Gasteiger partial charge in [0.05, 0.1) is 5.52 Å². The molecule has 0 bridgehead atoms. The van der Waals surface area contributed by atoms with Gasteiger partial charge in [0.2, 0.25) is 0 Å². The third-order valence-electron chi connectivity index (χ3n) is 2.62. The Kier molecular flexibility index (Phi) is 2.45. The average Bonchev–Trinajstić information content (AvgIpc) is 2.26. The van der Waals surface area contributed by atoms with Gasteiger partial charge in [-0.15, -0.1) is 0 Å². The quantitative estimate of drug-likeness (QED) is 0.700. The van der Waals surface area contributed by atoms with E-state index < -0.39 is 0 Å². The molecule has 0 aliphatic rings. The van der Waals surface area contributed by atoms with Gasteiger partial charge in [0.15, 0.2) is 0 Å². The number of halogens is 1. The lowest BCUT2D eigenvalue weighted by molar-refractivity contribution is 0.901. The van der Waals surface area contributed by atoms with Gasteiger partial charge >= 0.3 is 0 Å². The summed E-state index contributed by atoms with van der Waals surface area (Å²) in [6.45, 7) is 1.89. The maximum atomic E-state index is 11.7. The van der Waals surface area contributed by atoms with Gasteiger partial charge in [-0.25, -0.2) is 0 Å². The van der Waals surface area contributed by atoms with Crippen LogP contribution in [-0.2, 0) is 7.05 Å². The zero-order valence-corrected chi connectivity index (χ0v) is 9.67. The third kappa shape index (κ3) is 1.48. The van der Waals surface area contributed by atoms with Crippen LogP contribution in [0.15, 0.2) is 23.0 Å². The van der Waals surface area contributed by atoms with E-state index in [9.17, 15) is 4.79 Å². The zero-order chi connectivity index (χ0) is 11.9. The molecule has 0 aliphatic carbocycles. The fourth-order valence-electron chi connectivity index (χ4n) is 1.69. The van der Waals surface area contributed by atoms with E-state index in [0.29, 0.717) is 5.02 Å². The highest BCUT2D eigenvalue weighted by atomic mass is 35.5. The van der Waals surface area contributed by atoms with Gasteiger partial charge in [0, 0.05) is 17.5 Å². The van der Waals surface area contributed by atoms with Crippen molar-refractivity contribution in [1.82, 2.24) is 4.57 Å². The molecule has 0 unspecified atom stereocenters. The lowest BCUT2D eigenvalue weighted by Gasteiger charge is -2.07. The maximum absolute atomic E-state index is 11.7. The largest absolute Gasteiger partial charge is 0.310 e. The molecule has 0 aliphatic heterocycles. The van der Waals surface area contributed by atoms with E-state index in [1.54, 1.807) is 19.2 Å². The fourth-order valence-corrected chi connectivity index (χ4v) is 1.84. The lowest BCUT2D eigenvalue weighted by Crippen LogP contribution is -2.19. The molecule has 2 rings (SSSR count). The first-order valence-corrected chi connectivity index (χ1v) is 5.12. The first kappa shape index (κ1) is 10.7. The Labute approximate surface area is 97.5 Å². The Morgan fingerprint density at radius 3 is 2.69 bits per heavy atom. The van der Waals surface area contributed by atoms with Crippen molar-refractivity contribution in [3.05, 3.63) is 44.7 Å². The Hall–Kier alpha value is -1.79. The molecule has 4 heteroatoms. The van der Waals surface area contributed by atoms with Crippen LogP contribution in [0.4, 0.5) is 0 Å². The minimum Gasteiger partial charge on any atom is -0.310 e. The Morgan fingerprint density at radius 1 is 1.38 bits per heavy atom. The lowest BCUT2D eigenvalue weighted by atomic mass is 10.1. The molecule has 0 N–H and O–H groups in total. The minimum absolute atomic E-state index is 0.150. The standard InChI is InChI=1S/C12H9ClN2O/c1-7-3-8-4-9(6-14)12(16)15(2)11(8)5-10(7)13/h3-5H,1-2H3. The van der Waals surface area contributed by atoms with Gasteiger partial charge < -0.3 is 4.57 Å². The molecular weight excluding hydrogens is 224 g/mol. The number of aryl methyl sites for hydroxylation is 2. The van der Waals surface area contributed by atoms with Crippen LogP contribution in [0.25, 0.3) is 10.9 Å². The molecule has 1 aromatic carbocycles. The Bertz CT molecular complexity index is 680. The van der Waals surface area contributed by atoms with Crippen molar-refractivity contribution in [1.29, 1.82) is 5.26 Å². The molecule has 0 spiro atoms. The SMILES string of the molecule is Cc1cc2cc(C#N)c(=O)n(C)c2cc1Cl. The first-order chi connectivity index (χ1) is 7.54. The van der Waals surface area contributed by atoms with E-state index in [1.165, 1.54) is 4.57 Å². The molecule has 0 saturated heterocycles. The predicted octanol–water partition coefficient (Wildman–Crippen LogP) is 2.37. The molecule has 0 atom stereocenters. The number of rotatable bonds is 0.